The molecule has 2 atom stereocenters. The number of carbonyl (C=O) groups is 1. The van der Waals surface area contributed by atoms with Crippen molar-refractivity contribution in [3.8, 4) is 0 Å². The van der Waals surface area contributed by atoms with E-state index in [2.05, 4.69) is 6.92 Å². The number of hydrogen-bond donors (Lipinski definition) is 1. The second-order valence-corrected chi connectivity index (χ2v) is 5.90. The maximum atomic E-state index is 11.1. The highest BCUT2D eigenvalue weighted by molar-refractivity contribution is 5.81. The van der Waals surface area contributed by atoms with Gasteiger partial charge in [-0.15, -0.1) is 0 Å². The van der Waals surface area contributed by atoms with E-state index in [9.17, 15) is 4.79 Å². The molecule has 0 aromatic heterocycles. The van der Waals surface area contributed by atoms with Crippen LogP contribution in [-0.2, 0) is 4.79 Å². The third-order valence-corrected chi connectivity index (χ3v) is 4.33. The Morgan fingerprint density at radius 1 is 1.24 bits per heavy atom. The molecule has 0 radical (unpaired) electrons. The van der Waals surface area contributed by atoms with Gasteiger partial charge < -0.3 is 5.73 Å². The van der Waals surface area contributed by atoms with Gasteiger partial charge in [0.1, 0.15) is 5.78 Å². The fourth-order valence-electron chi connectivity index (χ4n) is 2.96. The zero-order valence-corrected chi connectivity index (χ0v) is 11.6. The van der Waals surface area contributed by atoms with Gasteiger partial charge in [-0.1, -0.05) is 58.3 Å². The molecule has 0 aromatic carbocycles. The van der Waals surface area contributed by atoms with Gasteiger partial charge in [-0.3, -0.25) is 4.79 Å². The number of nitrogens with two attached hydrogens (primary N) is 1. The van der Waals surface area contributed by atoms with Crippen LogP contribution in [0.5, 0.6) is 0 Å². The predicted molar refractivity (Wildman–Crippen MR) is 72.9 cm³/mol. The number of carbonyl (C=O) groups excluding carboxylic acids is 1. The first kappa shape index (κ1) is 14.7. The summed E-state index contributed by atoms with van der Waals surface area (Å²) in [5, 5.41) is 0. The van der Waals surface area contributed by atoms with E-state index in [-0.39, 0.29) is 11.8 Å². The van der Waals surface area contributed by atoms with Crippen LogP contribution in [0.15, 0.2) is 0 Å². The van der Waals surface area contributed by atoms with Crippen LogP contribution >= 0.6 is 0 Å². The van der Waals surface area contributed by atoms with E-state index >= 15 is 0 Å². The molecule has 2 N–H and O–H groups in total. The average molecular weight is 239 g/mol. The predicted octanol–water partition coefficient (Wildman–Crippen LogP) is 3.68. The van der Waals surface area contributed by atoms with Crippen LogP contribution in [0.3, 0.4) is 0 Å². The van der Waals surface area contributed by atoms with E-state index in [1.165, 1.54) is 51.4 Å². The minimum Gasteiger partial charge on any atom is -0.321 e. The Labute approximate surface area is 106 Å². The molecule has 1 fully saturated rings. The van der Waals surface area contributed by atoms with Gasteiger partial charge in [-0.25, -0.2) is 0 Å². The van der Waals surface area contributed by atoms with Gasteiger partial charge in [0.25, 0.3) is 0 Å². The van der Waals surface area contributed by atoms with Crippen molar-refractivity contribution < 1.29 is 4.79 Å². The van der Waals surface area contributed by atoms with Gasteiger partial charge in [0.2, 0.25) is 0 Å². The van der Waals surface area contributed by atoms with Crippen LogP contribution in [0, 0.1) is 11.8 Å². The van der Waals surface area contributed by atoms with Gasteiger partial charge in [0, 0.05) is 0 Å². The molecule has 0 bridgehead atoms. The van der Waals surface area contributed by atoms with Gasteiger partial charge in [-0.05, 0) is 25.2 Å². The number of Topliss-reactive ketones (excluding diaryl/α,β-unsaturated/α-hetero) is 1. The summed E-state index contributed by atoms with van der Waals surface area (Å²) in [6, 6.07) is -0.246. The smallest absolute Gasteiger partial charge is 0.146 e. The van der Waals surface area contributed by atoms with Gasteiger partial charge in [0.15, 0.2) is 0 Å². The summed E-state index contributed by atoms with van der Waals surface area (Å²) >= 11 is 0. The topological polar surface area (TPSA) is 43.1 Å². The van der Waals surface area contributed by atoms with Crippen molar-refractivity contribution in [3.05, 3.63) is 0 Å². The van der Waals surface area contributed by atoms with Crippen molar-refractivity contribution in [1.82, 2.24) is 0 Å². The molecule has 0 aliphatic heterocycles. The van der Waals surface area contributed by atoms with Crippen LogP contribution in [0.4, 0.5) is 0 Å². The fourth-order valence-corrected chi connectivity index (χ4v) is 2.96. The maximum absolute atomic E-state index is 11.1. The Balaban J connectivity index is 2.04. The Morgan fingerprint density at radius 2 is 1.88 bits per heavy atom. The molecule has 2 heteroatoms. The van der Waals surface area contributed by atoms with E-state index < -0.39 is 0 Å². The lowest BCUT2D eigenvalue weighted by Gasteiger charge is -2.22. The molecule has 0 aromatic rings. The number of hydrogen-bond acceptors (Lipinski definition) is 2. The largest absolute Gasteiger partial charge is 0.321 e. The molecule has 0 heterocycles. The lowest BCUT2D eigenvalue weighted by atomic mass is 9.85. The maximum Gasteiger partial charge on any atom is 0.146 e. The molecule has 100 valence electrons. The molecule has 17 heavy (non-hydrogen) atoms. The lowest BCUT2D eigenvalue weighted by molar-refractivity contribution is -0.119. The summed E-state index contributed by atoms with van der Waals surface area (Å²) in [7, 11) is 0. The van der Waals surface area contributed by atoms with Crippen LogP contribution in [0.2, 0.25) is 0 Å². The monoisotopic (exact) mass is 239 g/mol. The summed E-state index contributed by atoms with van der Waals surface area (Å²) in [5.41, 5.74) is 5.84. The molecule has 1 rings (SSSR count). The minimum atomic E-state index is -0.246. The molecular formula is C15H29NO. The van der Waals surface area contributed by atoms with Crippen molar-refractivity contribution >= 4 is 5.78 Å². The first-order chi connectivity index (χ1) is 8.11. The Kier molecular flexibility index (Phi) is 6.79. The van der Waals surface area contributed by atoms with Crippen LogP contribution < -0.4 is 5.73 Å². The molecule has 1 aliphatic carbocycles. The van der Waals surface area contributed by atoms with Crippen molar-refractivity contribution in [2.45, 2.75) is 77.7 Å². The van der Waals surface area contributed by atoms with Crippen LogP contribution in [-0.4, -0.2) is 11.8 Å². The Morgan fingerprint density at radius 3 is 2.47 bits per heavy atom. The molecule has 0 amide bonds. The molecular weight excluding hydrogens is 210 g/mol. The SMILES string of the molecule is CC(=O)[C@H](N)[C@H](C)CCCCC1CCCCC1. The standard InChI is InChI=1S/C15H29NO/c1-12(15(16)13(2)17)8-6-7-11-14-9-4-3-5-10-14/h12,14-15H,3-11,16H2,1-2H3/t12-,15-/m1/s1. The first-order valence-electron chi connectivity index (χ1n) is 7.37. The zero-order chi connectivity index (χ0) is 12.7. The summed E-state index contributed by atoms with van der Waals surface area (Å²) in [4.78, 5) is 11.1. The second kappa shape index (κ2) is 7.86. The molecule has 0 unspecified atom stereocenters. The normalized spacial score (nSPS) is 21.1. The zero-order valence-electron chi connectivity index (χ0n) is 11.6. The van der Waals surface area contributed by atoms with Crippen molar-refractivity contribution in [1.29, 1.82) is 0 Å². The minimum absolute atomic E-state index is 0.129. The summed E-state index contributed by atoms with van der Waals surface area (Å²) in [6.07, 6.45) is 12.3. The van der Waals surface area contributed by atoms with Gasteiger partial charge >= 0.3 is 0 Å². The third-order valence-electron chi connectivity index (χ3n) is 4.33. The molecule has 2 nitrogen and oxygen atoms in total. The number of ketones is 1. The van der Waals surface area contributed by atoms with Crippen molar-refractivity contribution in [3.63, 3.8) is 0 Å². The summed E-state index contributed by atoms with van der Waals surface area (Å²) < 4.78 is 0. The van der Waals surface area contributed by atoms with Crippen LogP contribution in [0.25, 0.3) is 0 Å². The fraction of sp³-hybridized carbons (Fsp3) is 0.933. The quantitative estimate of drug-likeness (QED) is 0.689. The second-order valence-electron chi connectivity index (χ2n) is 5.90. The lowest BCUT2D eigenvalue weighted by Crippen LogP contribution is -2.35. The van der Waals surface area contributed by atoms with E-state index in [4.69, 9.17) is 5.73 Å². The molecule has 1 saturated carbocycles. The number of rotatable bonds is 7. The van der Waals surface area contributed by atoms with E-state index in [0.717, 1.165) is 12.3 Å². The summed E-state index contributed by atoms with van der Waals surface area (Å²) in [6.45, 7) is 3.70. The highest BCUT2D eigenvalue weighted by Gasteiger charge is 2.17. The van der Waals surface area contributed by atoms with Crippen molar-refractivity contribution in [2.24, 2.45) is 17.6 Å². The van der Waals surface area contributed by atoms with E-state index in [1.54, 1.807) is 6.92 Å². The Bertz CT molecular complexity index is 221. The van der Waals surface area contributed by atoms with Gasteiger partial charge in [-0.2, -0.15) is 0 Å². The first-order valence-corrected chi connectivity index (χ1v) is 7.37. The third kappa shape index (κ3) is 5.67. The average Bonchev–Trinajstić information content (AvgIpc) is 2.34. The molecule has 0 saturated heterocycles. The van der Waals surface area contributed by atoms with Crippen LogP contribution in [0.1, 0.15) is 71.6 Å². The van der Waals surface area contributed by atoms with Gasteiger partial charge in [0.05, 0.1) is 6.04 Å². The molecule has 1 aliphatic rings. The molecule has 0 spiro atoms. The van der Waals surface area contributed by atoms with Crippen molar-refractivity contribution in [2.75, 3.05) is 0 Å². The Hall–Kier alpha value is -0.370. The number of unbranched alkanes of at least 4 members (excludes halogenated alkanes) is 1. The summed E-state index contributed by atoms with van der Waals surface area (Å²) in [5.74, 6) is 1.46. The van der Waals surface area contributed by atoms with E-state index in [0.29, 0.717) is 5.92 Å². The highest BCUT2D eigenvalue weighted by atomic mass is 16.1. The van der Waals surface area contributed by atoms with E-state index in [1.807, 2.05) is 0 Å². The highest BCUT2D eigenvalue weighted by Crippen LogP contribution is 2.28.